The summed E-state index contributed by atoms with van der Waals surface area (Å²) < 4.78 is 5.44. The Kier molecular flexibility index (Phi) is 3.51. The molecule has 1 radical (unpaired) electrons. The number of morpholine rings is 1. The predicted molar refractivity (Wildman–Crippen MR) is 78.5 cm³/mol. The van der Waals surface area contributed by atoms with Crippen LogP contribution in [-0.2, 0) is 4.74 Å². The molecule has 0 bridgehead atoms. The summed E-state index contributed by atoms with van der Waals surface area (Å²) in [7, 11) is 0. The van der Waals surface area contributed by atoms with E-state index in [4.69, 9.17) is 4.74 Å². The number of hydrogen-bond acceptors (Lipinski definition) is 2. The summed E-state index contributed by atoms with van der Waals surface area (Å²) in [6.07, 6.45) is 0. The summed E-state index contributed by atoms with van der Waals surface area (Å²) in [4.78, 5) is 2.39. The lowest BCUT2D eigenvalue weighted by atomic mass is 9.98. The van der Waals surface area contributed by atoms with Crippen molar-refractivity contribution >= 4 is 5.69 Å². The molecule has 0 aromatic heterocycles. The zero-order valence-corrected chi connectivity index (χ0v) is 11.2. The van der Waals surface area contributed by atoms with Gasteiger partial charge in [-0.1, -0.05) is 36.4 Å². The fourth-order valence-corrected chi connectivity index (χ4v) is 2.59. The van der Waals surface area contributed by atoms with Crippen molar-refractivity contribution in [3.8, 4) is 11.1 Å². The minimum atomic E-state index is 0.808. The fraction of sp³-hybridized carbons (Fsp3) is 0.294. The van der Waals surface area contributed by atoms with E-state index in [0.717, 1.165) is 26.3 Å². The average molecular weight is 252 g/mol. The van der Waals surface area contributed by atoms with Gasteiger partial charge >= 0.3 is 0 Å². The van der Waals surface area contributed by atoms with E-state index in [0.29, 0.717) is 0 Å². The van der Waals surface area contributed by atoms with Crippen LogP contribution in [0.3, 0.4) is 0 Å². The third-order valence-electron chi connectivity index (χ3n) is 3.63. The molecule has 97 valence electrons. The summed E-state index contributed by atoms with van der Waals surface area (Å²) in [5, 5.41) is 0. The lowest BCUT2D eigenvalue weighted by Gasteiger charge is -2.30. The Morgan fingerprint density at radius 1 is 1.05 bits per heavy atom. The summed E-state index contributed by atoms with van der Waals surface area (Å²) in [5.74, 6) is 0. The van der Waals surface area contributed by atoms with E-state index in [9.17, 15) is 0 Å². The molecular weight excluding hydrogens is 234 g/mol. The van der Waals surface area contributed by atoms with E-state index in [1.807, 2.05) is 6.07 Å². The molecule has 3 rings (SSSR count). The maximum absolute atomic E-state index is 5.44. The minimum absolute atomic E-state index is 0.808. The Balaban J connectivity index is 2.04. The van der Waals surface area contributed by atoms with E-state index in [2.05, 4.69) is 54.3 Å². The standard InChI is InChI=1S/C17H18NO/c1-14-6-2-3-7-15(14)16-8-4-5-9-17(16)18-10-12-19-13-11-18/h2-4,6-9H,10-13H2,1H3. The molecule has 2 aromatic rings. The van der Waals surface area contributed by atoms with Crippen molar-refractivity contribution < 1.29 is 4.74 Å². The largest absolute Gasteiger partial charge is 0.378 e. The molecule has 1 saturated heterocycles. The first-order valence-corrected chi connectivity index (χ1v) is 6.75. The van der Waals surface area contributed by atoms with Crippen LogP contribution in [0.2, 0.25) is 0 Å². The summed E-state index contributed by atoms with van der Waals surface area (Å²) in [6.45, 7) is 5.69. The number of ether oxygens (including phenoxy) is 1. The quantitative estimate of drug-likeness (QED) is 0.813. The highest BCUT2D eigenvalue weighted by molar-refractivity contribution is 5.80. The molecule has 2 nitrogen and oxygen atoms in total. The Morgan fingerprint density at radius 3 is 2.63 bits per heavy atom. The molecule has 1 fully saturated rings. The van der Waals surface area contributed by atoms with Crippen LogP contribution in [0.25, 0.3) is 11.1 Å². The van der Waals surface area contributed by atoms with Crippen LogP contribution in [0.1, 0.15) is 5.56 Å². The average Bonchev–Trinajstić information content (AvgIpc) is 2.49. The third-order valence-corrected chi connectivity index (χ3v) is 3.63. The van der Waals surface area contributed by atoms with Gasteiger partial charge in [0.25, 0.3) is 0 Å². The highest BCUT2D eigenvalue weighted by Crippen LogP contribution is 2.32. The molecule has 0 N–H and O–H groups in total. The molecular formula is C17H18NO. The zero-order valence-electron chi connectivity index (χ0n) is 11.2. The van der Waals surface area contributed by atoms with Gasteiger partial charge in [0, 0.05) is 24.3 Å². The number of benzene rings is 2. The summed E-state index contributed by atoms with van der Waals surface area (Å²) >= 11 is 0. The first-order valence-electron chi connectivity index (χ1n) is 6.75. The zero-order chi connectivity index (χ0) is 13.1. The number of anilines is 1. The van der Waals surface area contributed by atoms with E-state index >= 15 is 0 Å². The third kappa shape index (κ3) is 2.49. The van der Waals surface area contributed by atoms with Gasteiger partial charge in [0.05, 0.1) is 13.2 Å². The molecule has 0 spiro atoms. The van der Waals surface area contributed by atoms with Crippen molar-refractivity contribution in [3.63, 3.8) is 0 Å². The van der Waals surface area contributed by atoms with Gasteiger partial charge in [-0.25, -0.2) is 0 Å². The molecule has 0 saturated carbocycles. The van der Waals surface area contributed by atoms with Gasteiger partial charge in [-0.2, -0.15) is 0 Å². The van der Waals surface area contributed by atoms with E-state index in [1.54, 1.807) is 0 Å². The van der Waals surface area contributed by atoms with Gasteiger partial charge < -0.3 is 9.64 Å². The SMILES string of the molecule is Cc1ccccc1-c1cc[c]cc1N1CCOCC1. The molecule has 1 heterocycles. The number of nitrogens with zero attached hydrogens (tertiary/aromatic N) is 1. The highest BCUT2D eigenvalue weighted by atomic mass is 16.5. The second-order valence-electron chi connectivity index (χ2n) is 4.86. The lowest BCUT2D eigenvalue weighted by Crippen LogP contribution is -2.36. The topological polar surface area (TPSA) is 12.5 Å². The smallest absolute Gasteiger partial charge is 0.0642 e. The first kappa shape index (κ1) is 12.2. The van der Waals surface area contributed by atoms with Gasteiger partial charge in [-0.15, -0.1) is 0 Å². The molecule has 1 aliphatic rings. The van der Waals surface area contributed by atoms with Gasteiger partial charge in [-0.05, 0) is 30.2 Å². The van der Waals surface area contributed by atoms with Crippen LogP contribution in [0.15, 0.2) is 42.5 Å². The fourth-order valence-electron chi connectivity index (χ4n) is 2.59. The van der Waals surface area contributed by atoms with Crippen molar-refractivity contribution in [2.45, 2.75) is 6.92 Å². The predicted octanol–water partition coefficient (Wildman–Crippen LogP) is 3.30. The lowest BCUT2D eigenvalue weighted by molar-refractivity contribution is 0.123. The highest BCUT2D eigenvalue weighted by Gasteiger charge is 2.15. The van der Waals surface area contributed by atoms with Crippen LogP contribution in [0, 0.1) is 13.0 Å². The van der Waals surface area contributed by atoms with Crippen LogP contribution >= 0.6 is 0 Å². The van der Waals surface area contributed by atoms with Gasteiger partial charge in [0.15, 0.2) is 0 Å². The van der Waals surface area contributed by atoms with Gasteiger partial charge in [0.1, 0.15) is 0 Å². The Hall–Kier alpha value is -1.80. The maximum Gasteiger partial charge on any atom is 0.0642 e. The number of aryl methyl sites for hydroxylation is 1. The van der Waals surface area contributed by atoms with Gasteiger partial charge in [-0.3, -0.25) is 0 Å². The van der Waals surface area contributed by atoms with E-state index in [-0.39, 0.29) is 0 Å². The van der Waals surface area contributed by atoms with Crippen LogP contribution in [-0.4, -0.2) is 26.3 Å². The molecule has 19 heavy (non-hydrogen) atoms. The molecule has 2 aromatic carbocycles. The minimum Gasteiger partial charge on any atom is -0.378 e. The second kappa shape index (κ2) is 5.45. The Morgan fingerprint density at radius 2 is 1.84 bits per heavy atom. The number of hydrogen-bond donors (Lipinski definition) is 0. The Bertz CT molecular complexity index is 559. The van der Waals surface area contributed by atoms with Crippen molar-refractivity contribution in [1.82, 2.24) is 0 Å². The molecule has 0 unspecified atom stereocenters. The number of rotatable bonds is 2. The van der Waals surface area contributed by atoms with E-state index < -0.39 is 0 Å². The molecule has 2 heteroatoms. The normalized spacial score (nSPS) is 15.5. The monoisotopic (exact) mass is 252 g/mol. The van der Waals surface area contributed by atoms with Crippen molar-refractivity contribution in [1.29, 1.82) is 0 Å². The molecule has 0 atom stereocenters. The van der Waals surface area contributed by atoms with Crippen molar-refractivity contribution in [2.24, 2.45) is 0 Å². The summed E-state index contributed by atoms with van der Waals surface area (Å²) in [6, 6.07) is 18.0. The maximum atomic E-state index is 5.44. The second-order valence-corrected chi connectivity index (χ2v) is 4.86. The van der Waals surface area contributed by atoms with E-state index in [1.165, 1.54) is 22.4 Å². The van der Waals surface area contributed by atoms with Crippen LogP contribution in [0.5, 0.6) is 0 Å². The molecule has 0 amide bonds. The van der Waals surface area contributed by atoms with Crippen LogP contribution in [0.4, 0.5) is 5.69 Å². The first-order chi connectivity index (χ1) is 9.36. The summed E-state index contributed by atoms with van der Waals surface area (Å²) in [5.41, 5.74) is 5.17. The molecule has 0 aliphatic carbocycles. The molecule has 1 aliphatic heterocycles. The van der Waals surface area contributed by atoms with Crippen molar-refractivity contribution in [2.75, 3.05) is 31.2 Å². The van der Waals surface area contributed by atoms with Crippen molar-refractivity contribution in [3.05, 3.63) is 54.1 Å². The van der Waals surface area contributed by atoms with Crippen LogP contribution < -0.4 is 4.90 Å². The van der Waals surface area contributed by atoms with Gasteiger partial charge in [0.2, 0.25) is 0 Å². The Labute approximate surface area is 114 Å².